The van der Waals surface area contributed by atoms with Crippen molar-refractivity contribution in [3.05, 3.63) is 95.1 Å². The van der Waals surface area contributed by atoms with Crippen molar-refractivity contribution in [3.8, 4) is 0 Å². The number of allylic oxidation sites excluding steroid dienone is 4. The fourth-order valence-electron chi connectivity index (χ4n) is 5.69. The maximum absolute atomic E-state index is 2.65. The molecule has 0 saturated heterocycles. The molecule has 0 heterocycles. The number of rotatable bonds is 9. The summed E-state index contributed by atoms with van der Waals surface area (Å²) < 4.78 is 0. The van der Waals surface area contributed by atoms with E-state index in [-0.39, 0.29) is 0 Å². The monoisotopic (exact) mass is 414 g/mol. The van der Waals surface area contributed by atoms with E-state index in [4.69, 9.17) is 0 Å². The Labute approximate surface area is 191 Å². The van der Waals surface area contributed by atoms with Gasteiger partial charge < -0.3 is 0 Å². The molecular weight excluding hydrogens is 372 g/mol. The highest BCUT2D eigenvalue weighted by molar-refractivity contribution is 5.40. The largest absolute Gasteiger partial charge is 0.0770 e. The molecule has 0 N–H and O–H groups in total. The zero-order valence-electron chi connectivity index (χ0n) is 20.5. The average molecular weight is 415 g/mol. The summed E-state index contributed by atoms with van der Waals surface area (Å²) in [5.74, 6) is 3.54. The molecule has 1 aliphatic rings. The Hall–Kier alpha value is -2.08. The van der Waals surface area contributed by atoms with E-state index in [1.54, 1.807) is 11.1 Å². The van der Waals surface area contributed by atoms with Crippen LogP contribution in [-0.4, -0.2) is 0 Å². The minimum absolute atomic E-state index is 0.463. The Kier molecular flexibility index (Phi) is 8.35. The molecule has 166 valence electrons. The molecule has 0 aromatic heterocycles. The van der Waals surface area contributed by atoms with Gasteiger partial charge in [0, 0.05) is 5.92 Å². The third kappa shape index (κ3) is 5.79. The Morgan fingerprint density at radius 3 is 1.94 bits per heavy atom. The highest BCUT2D eigenvalue weighted by Crippen LogP contribution is 2.43. The van der Waals surface area contributed by atoms with Gasteiger partial charge >= 0.3 is 0 Å². The van der Waals surface area contributed by atoms with Gasteiger partial charge in [-0.15, -0.1) is 0 Å². The molecule has 0 spiro atoms. The second-order valence-electron chi connectivity index (χ2n) is 10.1. The van der Waals surface area contributed by atoms with E-state index >= 15 is 0 Å². The molecular formula is C31H42. The summed E-state index contributed by atoms with van der Waals surface area (Å²) in [6, 6.07) is 22.2. The van der Waals surface area contributed by atoms with Crippen LogP contribution in [0.3, 0.4) is 0 Å². The van der Waals surface area contributed by atoms with Crippen LogP contribution in [0.4, 0.5) is 0 Å². The van der Waals surface area contributed by atoms with E-state index in [1.165, 1.54) is 24.0 Å². The van der Waals surface area contributed by atoms with Crippen molar-refractivity contribution in [3.63, 3.8) is 0 Å². The summed E-state index contributed by atoms with van der Waals surface area (Å²) in [5.41, 5.74) is 6.09. The molecule has 2 aromatic rings. The van der Waals surface area contributed by atoms with E-state index in [0.717, 1.165) is 6.42 Å². The highest BCUT2D eigenvalue weighted by Gasteiger charge is 2.30. The maximum Gasteiger partial charge on any atom is 0.00232 e. The zero-order chi connectivity index (χ0) is 22.4. The van der Waals surface area contributed by atoms with Crippen LogP contribution < -0.4 is 0 Å². The lowest BCUT2D eigenvalue weighted by Gasteiger charge is -2.36. The van der Waals surface area contributed by atoms with Crippen LogP contribution in [0, 0.1) is 23.7 Å². The third-order valence-corrected chi connectivity index (χ3v) is 7.51. The van der Waals surface area contributed by atoms with Gasteiger partial charge in [-0.1, -0.05) is 133 Å². The first-order valence-electron chi connectivity index (χ1n) is 12.4. The van der Waals surface area contributed by atoms with Crippen molar-refractivity contribution in [1.82, 2.24) is 0 Å². The lowest BCUT2D eigenvalue weighted by Crippen LogP contribution is -2.24. The van der Waals surface area contributed by atoms with Crippen LogP contribution >= 0.6 is 0 Å². The summed E-state index contributed by atoms with van der Waals surface area (Å²) in [5, 5.41) is 0. The summed E-state index contributed by atoms with van der Waals surface area (Å²) >= 11 is 0. The second-order valence-corrected chi connectivity index (χ2v) is 10.1. The van der Waals surface area contributed by atoms with E-state index < -0.39 is 0 Å². The van der Waals surface area contributed by atoms with Crippen LogP contribution in [-0.2, 0) is 0 Å². The molecule has 31 heavy (non-hydrogen) atoms. The van der Waals surface area contributed by atoms with Gasteiger partial charge in [0.2, 0.25) is 0 Å². The predicted octanol–water partition coefficient (Wildman–Crippen LogP) is 9.17. The Morgan fingerprint density at radius 1 is 0.806 bits per heavy atom. The van der Waals surface area contributed by atoms with Gasteiger partial charge in [0.1, 0.15) is 0 Å². The van der Waals surface area contributed by atoms with Gasteiger partial charge in [0.25, 0.3) is 0 Å². The SMILES string of the molecule is CCCC(C)C(C1=CC(C(C)c2ccccc2)CC(C(C)c2ccccc2)=C1)C(C)C. The van der Waals surface area contributed by atoms with Gasteiger partial charge in [0.05, 0.1) is 0 Å². The van der Waals surface area contributed by atoms with E-state index in [9.17, 15) is 0 Å². The predicted molar refractivity (Wildman–Crippen MR) is 136 cm³/mol. The maximum atomic E-state index is 2.65. The molecule has 0 amide bonds. The van der Waals surface area contributed by atoms with Crippen molar-refractivity contribution in [2.45, 2.75) is 72.6 Å². The first-order valence-corrected chi connectivity index (χ1v) is 12.4. The number of hydrogen-bond acceptors (Lipinski definition) is 0. The molecule has 0 fully saturated rings. The summed E-state index contributed by atoms with van der Waals surface area (Å²) in [6.07, 6.45) is 8.95. The molecule has 0 heteroatoms. The van der Waals surface area contributed by atoms with Crippen molar-refractivity contribution in [2.24, 2.45) is 23.7 Å². The minimum Gasteiger partial charge on any atom is -0.0770 e. The average Bonchev–Trinajstić information content (AvgIpc) is 2.79. The minimum atomic E-state index is 0.463. The smallest absolute Gasteiger partial charge is 0.00232 e. The second kappa shape index (κ2) is 11.0. The third-order valence-electron chi connectivity index (χ3n) is 7.51. The Balaban J connectivity index is 2.00. The highest BCUT2D eigenvalue weighted by atomic mass is 14.3. The molecule has 5 unspecified atom stereocenters. The molecule has 1 aliphatic carbocycles. The van der Waals surface area contributed by atoms with Gasteiger partial charge in [-0.3, -0.25) is 0 Å². The normalized spacial score (nSPS) is 20.5. The molecule has 0 aliphatic heterocycles. The lowest BCUT2D eigenvalue weighted by molar-refractivity contribution is 0.299. The van der Waals surface area contributed by atoms with Gasteiger partial charge in [0.15, 0.2) is 0 Å². The summed E-state index contributed by atoms with van der Waals surface area (Å²) in [7, 11) is 0. The molecule has 0 radical (unpaired) electrons. The van der Waals surface area contributed by atoms with Crippen LogP contribution in [0.15, 0.2) is 84.0 Å². The Bertz CT molecular complexity index is 855. The lowest BCUT2D eigenvalue weighted by atomic mass is 9.69. The van der Waals surface area contributed by atoms with Crippen LogP contribution in [0.2, 0.25) is 0 Å². The fourth-order valence-corrected chi connectivity index (χ4v) is 5.69. The van der Waals surface area contributed by atoms with E-state index in [2.05, 4.69) is 114 Å². The van der Waals surface area contributed by atoms with Crippen molar-refractivity contribution in [2.75, 3.05) is 0 Å². The first kappa shape index (κ1) is 23.6. The molecule has 0 bridgehead atoms. The zero-order valence-corrected chi connectivity index (χ0v) is 20.5. The number of benzene rings is 2. The molecule has 0 saturated carbocycles. The summed E-state index contributed by atoms with van der Waals surface area (Å²) in [6.45, 7) is 14.4. The van der Waals surface area contributed by atoms with Crippen LogP contribution in [0.5, 0.6) is 0 Å². The molecule has 5 atom stereocenters. The fraction of sp³-hybridized carbons (Fsp3) is 0.484. The van der Waals surface area contributed by atoms with E-state index in [1.807, 2.05) is 0 Å². The van der Waals surface area contributed by atoms with Crippen molar-refractivity contribution in [1.29, 1.82) is 0 Å². The molecule has 3 rings (SSSR count). The topological polar surface area (TPSA) is 0 Å². The van der Waals surface area contributed by atoms with Gasteiger partial charge in [-0.25, -0.2) is 0 Å². The van der Waals surface area contributed by atoms with Crippen LogP contribution in [0.25, 0.3) is 0 Å². The molecule has 0 nitrogen and oxygen atoms in total. The standard InChI is InChI=1S/C31H42/c1-7-14-23(4)31(22(2)3)30-20-28(24(5)26-15-10-8-11-16-26)19-29(21-30)25(6)27-17-12-9-13-18-27/h8-13,15-18,20-25,28,31H,7,14,19H2,1-6H3. The van der Waals surface area contributed by atoms with E-state index in [0.29, 0.717) is 35.5 Å². The Morgan fingerprint density at radius 2 is 1.39 bits per heavy atom. The molecule has 2 aromatic carbocycles. The number of hydrogen-bond donors (Lipinski definition) is 0. The van der Waals surface area contributed by atoms with Crippen LogP contribution in [0.1, 0.15) is 83.8 Å². The quantitative estimate of drug-likeness (QED) is 0.383. The van der Waals surface area contributed by atoms with Gasteiger partial charge in [-0.2, -0.15) is 0 Å². The summed E-state index contributed by atoms with van der Waals surface area (Å²) in [4.78, 5) is 0. The van der Waals surface area contributed by atoms with Crippen molar-refractivity contribution < 1.29 is 0 Å². The van der Waals surface area contributed by atoms with Crippen molar-refractivity contribution >= 4 is 0 Å². The van der Waals surface area contributed by atoms with Gasteiger partial charge in [-0.05, 0) is 52.7 Å². The first-order chi connectivity index (χ1) is 14.9.